The normalized spacial score (nSPS) is 16.6. The molecule has 5 nitrogen and oxygen atoms in total. The molecule has 1 aliphatic carbocycles. The van der Waals surface area contributed by atoms with Gasteiger partial charge in [0, 0.05) is 4.88 Å². The van der Waals surface area contributed by atoms with Gasteiger partial charge in [0.2, 0.25) is 5.91 Å². The molecule has 0 aliphatic heterocycles. The van der Waals surface area contributed by atoms with Crippen LogP contribution in [0.4, 0.5) is 5.00 Å². The molecule has 0 saturated carbocycles. The van der Waals surface area contributed by atoms with Crippen LogP contribution in [0.5, 0.6) is 0 Å². The number of fused-ring (bicyclic) bond motifs is 1. The van der Waals surface area contributed by atoms with Gasteiger partial charge in [0.05, 0.1) is 11.3 Å². The van der Waals surface area contributed by atoms with E-state index < -0.39 is 0 Å². The molecule has 2 aromatic rings. The maximum absolute atomic E-state index is 12.4. The number of aromatic nitrogens is 2. The highest BCUT2D eigenvalue weighted by molar-refractivity contribution is 8.01. The summed E-state index contributed by atoms with van der Waals surface area (Å²) in [5, 5.41) is 22.2. The molecule has 0 saturated heterocycles. The van der Waals surface area contributed by atoms with Crippen LogP contribution in [0, 0.1) is 29.6 Å². The van der Waals surface area contributed by atoms with Crippen molar-refractivity contribution in [2.24, 2.45) is 11.3 Å². The number of carbonyl (C=O) groups is 1. The second kappa shape index (κ2) is 8.29. The Morgan fingerprint density at radius 1 is 1.41 bits per heavy atom. The van der Waals surface area contributed by atoms with Crippen LogP contribution in [-0.4, -0.2) is 21.9 Å². The summed E-state index contributed by atoms with van der Waals surface area (Å²) in [6, 6.07) is 2.32. The van der Waals surface area contributed by atoms with Crippen molar-refractivity contribution in [1.82, 2.24) is 10.2 Å². The predicted molar refractivity (Wildman–Crippen MR) is 113 cm³/mol. The number of nitriles is 1. The number of thiophene rings is 1. The van der Waals surface area contributed by atoms with Crippen molar-refractivity contribution in [2.45, 2.75) is 57.7 Å². The van der Waals surface area contributed by atoms with Crippen LogP contribution >= 0.6 is 34.4 Å². The molecular formula is C19H24N4OS3. The molecule has 2 aromatic heterocycles. The molecule has 1 aliphatic rings. The average Bonchev–Trinajstić information content (AvgIpc) is 3.21. The van der Waals surface area contributed by atoms with Gasteiger partial charge in [0.15, 0.2) is 4.34 Å². The summed E-state index contributed by atoms with van der Waals surface area (Å²) in [5.74, 6) is 0.793. The third-order valence-corrected chi connectivity index (χ3v) is 8.62. The molecule has 1 N–H and O–H groups in total. The molecule has 1 amide bonds. The van der Waals surface area contributed by atoms with Gasteiger partial charge in [-0.3, -0.25) is 4.79 Å². The molecule has 0 spiro atoms. The van der Waals surface area contributed by atoms with E-state index in [9.17, 15) is 10.1 Å². The van der Waals surface area contributed by atoms with E-state index >= 15 is 0 Å². The lowest BCUT2D eigenvalue weighted by atomic mass is 9.69. The number of hydrogen-bond donors (Lipinski definition) is 1. The Labute approximate surface area is 172 Å². The minimum atomic E-state index is -0.103. The van der Waals surface area contributed by atoms with Crippen molar-refractivity contribution in [3.63, 3.8) is 0 Å². The van der Waals surface area contributed by atoms with Gasteiger partial charge >= 0.3 is 0 Å². The summed E-state index contributed by atoms with van der Waals surface area (Å²) in [6.07, 6.45) is 4.19. The Bertz CT molecular complexity index is 878. The summed E-state index contributed by atoms with van der Waals surface area (Å²) in [4.78, 5) is 13.6. The molecule has 144 valence electrons. The quantitative estimate of drug-likeness (QED) is 0.662. The van der Waals surface area contributed by atoms with E-state index in [1.165, 1.54) is 28.0 Å². The fourth-order valence-electron chi connectivity index (χ4n) is 3.37. The second-order valence-electron chi connectivity index (χ2n) is 7.53. The fraction of sp³-hybridized carbons (Fsp3) is 0.579. The van der Waals surface area contributed by atoms with Gasteiger partial charge < -0.3 is 5.32 Å². The lowest BCUT2D eigenvalue weighted by Crippen LogP contribution is -2.28. The van der Waals surface area contributed by atoms with Gasteiger partial charge in [-0.15, -0.1) is 21.5 Å². The van der Waals surface area contributed by atoms with Crippen molar-refractivity contribution < 1.29 is 4.79 Å². The van der Waals surface area contributed by atoms with E-state index in [2.05, 4.69) is 42.4 Å². The van der Waals surface area contributed by atoms with E-state index in [0.29, 0.717) is 21.9 Å². The summed E-state index contributed by atoms with van der Waals surface area (Å²) in [7, 11) is 0. The minimum Gasteiger partial charge on any atom is -0.316 e. The lowest BCUT2D eigenvalue weighted by Gasteiger charge is -2.36. The van der Waals surface area contributed by atoms with E-state index in [1.54, 1.807) is 11.3 Å². The molecule has 1 atom stereocenters. The molecule has 2 heterocycles. The Kier molecular flexibility index (Phi) is 6.24. The second-order valence-corrected chi connectivity index (χ2v) is 11.0. The smallest absolute Gasteiger partial charge is 0.235 e. The number of aryl methyl sites for hydroxylation is 1. The van der Waals surface area contributed by atoms with Gasteiger partial charge in [-0.1, -0.05) is 50.3 Å². The molecule has 3 rings (SSSR count). The van der Waals surface area contributed by atoms with Crippen LogP contribution in [0.25, 0.3) is 0 Å². The number of nitrogens with zero attached hydrogens (tertiary/aromatic N) is 3. The molecule has 0 radical (unpaired) electrons. The third kappa shape index (κ3) is 4.53. The van der Waals surface area contributed by atoms with Crippen molar-refractivity contribution in [2.75, 3.05) is 11.1 Å². The Morgan fingerprint density at radius 2 is 2.19 bits per heavy atom. The van der Waals surface area contributed by atoms with Crippen molar-refractivity contribution in [3.8, 4) is 6.07 Å². The Hall–Kier alpha value is -1.43. The predicted octanol–water partition coefficient (Wildman–Crippen LogP) is 5.05. The molecule has 0 bridgehead atoms. The average molecular weight is 421 g/mol. The third-order valence-electron chi connectivity index (χ3n) is 5.48. The number of anilines is 1. The van der Waals surface area contributed by atoms with Gasteiger partial charge in [0.25, 0.3) is 0 Å². The van der Waals surface area contributed by atoms with Crippen LogP contribution in [0.2, 0.25) is 0 Å². The van der Waals surface area contributed by atoms with Crippen LogP contribution < -0.4 is 5.32 Å². The SMILES string of the molecule is CCC(C)(C)[C@H]1CCc2c(sc(NC(=O)CSc3nnc(C)s3)c2C#N)C1. The zero-order chi connectivity index (χ0) is 19.6. The van der Waals surface area contributed by atoms with Gasteiger partial charge in [-0.2, -0.15) is 5.26 Å². The summed E-state index contributed by atoms with van der Waals surface area (Å²) >= 11 is 4.44. The summed E-state index contributed by atoms with van der Waals surface area (Å²) in [5.41, 5.74) is 2.11. The first-order chi connectivity index (χ1) is 12.8. The highest BCUT2D eigenvalue weighted by Crippen LogP contribution is 2.45. The molecule has 0 aromatic carbocycles. The van der Waals surface area contributed by atoms with Crippen molar-refractivity contribution in [3.05, 3.63) is 21.0 Å². The molecule has 27 heavy (non-hydrogen) atoms. The summed E-state index contributed by atoms with van der Waals surface area (Å²) in [6.45, 7) is 8.80. The van der Waals surface area contributed by atoms with E-state index in [4.69, 9.17) is 0 Å². The maximum atomic E-state index is 12.4. The molecule has 0 fully saturated rings. The molecular weight excluding hydrogens is 396 g/mol. The first kappa shape index (κ1) is 20.3. The highest BCUT2D eigenvalue weighted by Gasteiger charge is 2.34. The standard InChI is InChI=1S/C19H24N4OS3/c1-5-19(3,4)12-6-7-13-14(9-20)17(27-15(13)8-12)21-16(24)10-25-18-23-22-11(2)26-18/h12H,5-8,10H2,1-4H3,(H,21,24)/t12-/m0/s1. The van der Waals surface area contributed by atoms with Gasteiger partial charge in [-0.05, 0) is 43.1 Å². The maximum Gasteiger partial charge on any atom is 0.235 e. The van der Waals surface area contributed by atoms with Crippen LogP contribution in [-0.2, 0) is 17.6 Å². The first-order valence-corrected chi connectivity index (χ1v) is 11.7. The van der Waals surface area contributed by atoms with E-state index in [-0.39, 0.29) is 11.7 Å². The van der Waals surface area contributed by atoms with Crippen LogP contribution in [0.15, 0.2) is 4.34 Å². The monoisotopic (exact) mass is 420 g/mol. The van der Waals surface area contributed by atoms with Gasteiger partial charge in [-0.25, -0.2) is 0 Å². The molecule has 0 unspecified atom stereocenters. The topological polar surface area (TPSA) is 78.7 Å². The molecule has 8 heteroatoms. The zero-order valence-corrected chi connectivity index (χ0v) is 18.5. The fourth-order valence-corrected chi connectivity index (χ4v) is 6.28. The zero-order valence-electron chi connectivity index (χ0n) is 16.1. The largest absolute Gasteiger partial charge is 0.316 e. The highest BCUT2D eigenvalue weighted by atomic mass is 32.2. The number of nitrogens with one attached hydrogen (secondary N) is 1. The van der Waals surface area contributed by atoms with E-state index in [1.807, 2.05) is 6.92 Å². The Morgan fingerprint density at radius 3 is 2.81 bits per heavy atom. The van der Waals surface area contributed by atoms with E-state index in [0.717, 1.165) is 40.6 Å². The van der Waals surface area contributed by atoms with Crippen molar-refractivity contribution in [1.29, 1.82) is 5.26 Å². The lowest BCUT2D eigenvalue weighted by molar-refractivity contribution is -0.113. The number of rotatable bonds is 6. The number of thioether (sulfide) groups is 1. The van der Waals surface area contributed by atoms with Crippen LogP contribution in [0.3, 0.4) is 0 Å². The number of carbonyl (C=O) groups excluding carboxylic acids is 1. The minimum absolute atomic E-state index is 0.103. The Balaban J connectivity index is 1.70. The van der Waals surface area contributed by atoms with Crippen molar-refractivity contribution >= 4 is 45.3 Å². The number of amides is 1. The van der Waals surface area contributed by atoms with Gasteiger partial charge in [0.1, 0.15) is 16.1 Å². The number of hydrogen-bond acceptors (Lipinski definition) is 7. The van der Waals surface area contributed by atoms with Crippen LogP contribution in [0.1, 0.15) is 54.6 Å². The summed E-state index contributed by atoms with van der Waals surface area (Å²) < 4.78 is 0.790. The first-order valence-electron chi connectivity index (χ1n) is 9.11.